The molecular formula is C14H17NO8S. The lowest BCUT2D eigenvalue weighted by molar-refractivity contribution is -0.159. The maximum Gasteiger partial charge on any atom is 0.347 e. The predicted octanol–water partition coefficient (Wildman–Crippen LogP) is -0.159. The van der Waals surface area contributed by atoms with E-state index in [1.54, 1.807) is 0 Å². The van der Waals surface area contributed by atoms with Gasteiger partial charge >= 0.3 is 11.9 Å². The molecule has 0 saturated carbocycles. The average Bonchev–Trinajstić information content (AvgIpc) is 2.97. The molecule has 1 saturated heterocycles. The minimum atomic E-state index is -3.96. The van der Waals surface area contributed by atoms with Crippen LogP contribution in [0.4, 0.5) is 0 Å². The first-order valence-corrected chi connectivity index (χ1v) is 8.43. The molecular weight excluding hydrogens is 342 g/mol. The fraction of sp³-hybridized carbons (Fsp3) is 0.429. The van der Waals surface area contributed by atoms with Gasteiger partial charge in [-0.05, 0) is 12.1 Å². The molecule has 0 spiro atoms. The molecule has 132 valence electrons. The maximum atomic E-state index is 12.2. The first kappa shape index (κ1) is 18.0. The minimum Gasteiger partial charge on any atom is -0.493 e. The van der Waals surface area contributed by atoms with Crippen molar-refractivity contribution >= 4 is 22.0 Å². The number of rotatable bonds is 7. The summed E-state index contributed by atoms with van der Waals surface area (Å²) in [5.74, 6) is -0.902. The van der Waals surface area contributed by atoms with Gasteiger partial charge in [0.2, 0.25) is 16.1 Å². The Morgan fingerprint density at radius 1 is 1.29 bits per heavy atom. The monoisotopic (exact) mass is 359 g/mol. The van der Waals surface area contributed by atoms with Crippen molar-refractivity contribution in [1.29, 1.82) is 0 Å². The average molecular weight is 359 g/mol. The third kappa shape index (κ3) is 4.15. The van der Waals surface area contributed by atoms with Crippen molar-refractivity contribution < 1.29 is 37.0 Å². The van der Waals surface area contributed by atoms with Gasteiger partial charge in [-0.1, -0.05) is 0 Å². The number of benzene rings is 1. The largest absolute Gasteiger partial charge is 0.493 e. The second-order valence-corrected chi connectivity index (χ2v) is 6.54. The third-order valence-corrected chi connectivity index (χ3v) is 4.63. The summed E-state index contributed by atoms with van der Waals surface area (Å²) in [5.41, 5.74) is 0. The zero-order valence-electron chi connectivity index (χ0n) is 13.1. The summed E-state index contributed by atoms with van der Waals surface area (Å²) in [6, 6.07) is 4.00. The molecule has 2 rings (SSSR count). The number of carbonyl (C=O) groups excluding carboxylic acids is 2. The Bertz CT molecular complexity index is 730. The van der Waals surface area contributed by atoms with Gasteiger partial charge in [-0.15, -0.1) is 0 Å². The summed E-state index contributed by atoms with van der Waals surface area (Å²) in [7, 11) is -1.16. The molecule has 1 atom stereocenters. The summed E-state index contributed by atoms with van der Waals surface area (Å²) in [4.78, 5) is 22.7. The van der Waals surface area contributed by atoms with Crippen molar-refractivity contribution in [3.05, 3.63) is 18.2 Å². The first-order valence-electron chi connectivity index (χ1n) is 6.95. The molecule has 0 bridgehead atoms. The predicted molar refractivity (Wildman–Crippen MR) is 80.2 cm³/mol. The van der Waals surface area contributed by atoms with E-state index in [1.807, 2.05) is 0 Å². The topological polar surface area (TPSA) is 117 Å². The summed E-state index contributed by atoms with van der Waals surface area (Å²) >= 11 is 0. The molecule has 1 aliphatic heterocycles. The van der Waals surface area contributed by atoms with Crippen LogP contribution in [0.2, 0.25) is 0 Å². The molecule has 1 heterocycles. The van der Waals surface area contributed by atoms with Gasteiger partial charge in [0.05, 0.1) is 25.7 Å². The standard InChI is InChI=1S/C14H17NO8S/c1-20-10-4-3-9(7-12(10)21-2)24(18,19)15-8-13(16)23-11-5-6-22-14(11)17/h3-4,7,11,15H,5-6,8H2,1-2H3/t11-/m1/s1. The number of ether oxygens (including phenoxy) is 4. The number of hydrogen-bond donors (Lipinski definition) is 1. The van der Waals surface area contributed by atoms with E-state index in [1.165, 1.54) is 32.4 Å². The second-order valence-electron chi connectivity index (χ2n) is 4.78. The van der Waals surface area contributed by atoms with Crippen molar-refractivity contribution in [2.24, 2.45) is 0 Å². The highest BCUT2D eigenvalue weighted by atomic mass is 32.2. The lowest BCUT2D eigenvalue weighted by Gasteiger charge is -2.11. The number of hydrogen-bond acceptors (Lipinski definition) is 8. The van der Waals surface area contributed by atoms with Crippen LogP contribution in [-0.2, 0) is 29.1 Å². The van der Waals surface area contributed by atoms with Crippen LogP contribution in [0.25, 0.3) is 0 Å². The smallest absolute Gasteiger partial charge is 0.347 e. The van der Waals surface area contributed by atoms with Crippen LogP contribution in [0.15, 0.2) is 23.1 Å². The van der Waals surface area contributed by atoms with Crippen LogP contribution >= 0.6 is 0 Å². The van der Waals surface area contributed by atoms with E-state index >= 15 is 0 Å². The van der Waals surface area contributed by atoms with Gasteiger partial charge in [0.25, 0.3) is 0 Å². The Labute approximate surface area is 138 Å². The van der Waals surface area contributed by atoms with E-state index in [9.17, 15) is 18.0 Å². The highest BCUT2D eigenvalue weighted by Gasteiger charge is 2.30. The van der Waals surface area contributed by atoms with Gasteiger partial charge in [0, 0.05) is 12.5 Å². The summed E-state index contributed by atoms with van der Waals surface area (Å²) in [5, 5.41) is 0. The van der Waals surface area contributed by atoms with Gasteiger partial charge in [-0.2, -0.15) is 4.72 Å². The van der Waals surface area contributed by atoms with Crippen LogP contribution in [0.3, 0.4) is 0 Å². The molecule has 0 aliphatic carbocycles. The molecule has 1 aromatic rings. The molecule has 0 radical (unpaired) electrons. The van der Waals surface area contributed by atoms with Gasteiger partial charge < -0.3 is 18.9 Å². The molecule has 10 heteroatoms. The summed E-state index contributed by atoms with van der Waals surface area (Å²) < 4.78 is 46.1. The van der Waals surface area contributed by atoms with Crippen LogP contribution in [0, 0.1) is 0 Å². The number of esters is 2. The van der Waals surface area contributed by atoms with Crippen molar-refractivity contribution in [3.8, 4) is 11.5 Å². The van der Waals surface area contributed by atoms with Gasteiger partial charge in [-0.25, -0.2) is 13.2 Å². The first-order chi connectivity index (χ1) is 11.4. The highest BCUT2D eigenvalue weighted by Crippen LogP contribution is 2.29. The quantitative estimate of drug-likeness (QED) is 0.668. The summed E-state index contributed by atoms with van der Waals surface area (Å²) in [6.45, 7) is -0.436. The Morgan fingerprint density at radius 2 is 2.00 bits per heavy atom. The molecule has 0 amide bonds. The number of carbonyl (C=O) groups is 2. The third-order valence-electron chi connectivity index (χ3n) is 3.23. The van der Waals surface area contributed by atoms with Crippen molar-refractivity contribution in [2.75, 3.05) is 27.4 Å². The number of methoxy groups -OCH3 is 2. The number of cyclic esters (lactones) is 1. The van der Waals surface area contributed by atoms with Gasteiger partial charge in [0.15, 0.2) is 11.5 Å². The normalized spacial score (nSPS) is 17.2. The summed E-state index contributed by atoms with van der Waals surface area (Å²) in [6.07, 6.45) is -0.726. The molecule has 1 fully saturated rings. The molecule has 1 N–H and O–H groups in total. The second kappa shape index (κ2) is 7.49. The zero-order chi connectivity index (χ0) is 17.7. The lowest BCUT2D eigenvalue weighted by atomic mass is 10.3. The van der Waals surface area contributed by atoms with Crippen molar-refractivity contribution in [3.63, 3.8) is 0 Å². The molecule has 9 nitrogen and oxygen atoms in total. The van der Waals surface area contributed by atoms with E-state index in [4.69, 9.17) is 14.2 Å². The van der Waals surface area contributed by atoms with Gasteiger partial charge in [-0.3, -0.25) is 4.79 Å². The van der Waals surface area contributed by atoms with Gasteiger partial charge in [0.1, 0.15) is 6.54 Å². The van der Waals surface area contributed by atoms with E-state index in [-0.39, 0.29) is 23.7 Å². The van der Waals surface area contributed by atoms with Crippen LogP contribution < -0.4 is 14.2 Å². The van der Waals surface area contributed by atoms with Crippen molar-refractivity contribution in [2.45, 2.75) is 17.4 Å². The number of nitrogens with one attached hydrogen (secondary N) is 1. The maximum absolute atomic E-state index is 12.2. The zero-order valence-corrected chi connectivity index (χ0v) is 13.9. The highest BCUT2D eigenvalue weighted by molar-refractivity contribution is 7.89. The van der Waals surface area contributed by atoms with E-state index in [0.717, 1.165) is 0 Å². The lowest BCUT2D eigenvalue weighted by Crippen LogP contribution is -2.33. The molecule has 0 unspecified atom stereocenters. The fourth-order valence-corrected chi connectivity index (χ4v) is 2.99. The van der Waals surface area contributed by atoms with Crippen LogP contribution in [0.5, 0.6) is 11.5 Å². The van der Waals surface area contributed by atoms with E-state index in [2.05, 4.69) is 9.46 Å². The Morgan fingerprint density at radius 3 is 2.58 bits per heavy atom. The molecule has 24 heavy (non-hydrogen) atoms. The van der Waals surface area contributed by atoms with Crippen LogP contribution in [-0.4, -0.2) is 53.8 Å². The Kier molecular flexibility index (Phi) is 5.62. The van der Waals surface area contributed by atoms with Crippen molar-refractivity contribution in [1.82, 2.24) is 4.72 Å². The fourth-order valence-electron chi connectivity index (χ4n) is 2.01. The molecule has 1 aromatic carbocycles. The Balaban J connectivity index is 2.00. The minimum absolute atomic E-state index is 0.103. The van der Waals surface area contributed by atoms with E-state index < -0.39 is 34.6 Å². The molecule has 0 aromatic heterocycles. The molecule has 1 aliphatic rings. The van der Waals surface area contributed by atoms with E-state index in [0.29, 0.717) is 5.75 Å². The number of sulfonamides is 1. The Hall–Kier alpha value is -2.33. The van der Waals surface area contributed by atoms with Crippen LogP contribution in [0.1, 0.15) is 6.42 Å². The SMILES string of the molecule is COc1ccc(S(=O)(=O)NCC(=O)O[C@@H]2CCOC2=O)cc1OC.